The Balaban J connectivity index is 2.99. The van der Waals surface area contributed by atoms with E-state index in [1.54, 1.807) is 11.3 Å². The second kappa shape index (κ2) is 4.11. The summed E-state index contributed by atoms with van der Waals surface area (Å²) in [5.41, 5.74) is -0.403. The molecule has 0 amide bonds. The van der Waals surface area contributed by atoms with E-state index >= 15 is 0 Å². The number of carbonyl (C=O) groups is 1. The van der Waals surface area contributed by atoms with Crippen molar-refractivity contribution in [2.24, 2.45) is 0 Å². The predicted octanol–water partition coefficient (Wildman–Crippen LogP) is 2.00. The van der Waals surface area contributed by atoms with E-state index in [-0.39, 0.29) is 6.42 Å². The molecular weight excluding hydrogens is 198 g/mol. The van der Waals surface area contributed by atoms with Crippen molar-refractivity contribution in [2.45, 2.75) is 18.9 Å². The maximum atomic E-state index is 10.8. The lowest BCUT2D eigenvalue weighted by Gasteiger charge is -2.34. The molecule has 0 spiro atoms. The van der Waals surface area contributed by atoms with Gasteiger partial charge in [-0.15, -0.1) is 11.3 Å². The van der Waals surface area contributed by atoms with Crippen molar-refractivity contribution in [3.8, 4) is 0 Å². The predicted molar refractivity (Wildman–Crippen MR) is 57.6 cm³/mol. The first-order chi connectivity index (χ1) is 6.47. The number of thiophene rings is 1. The Morgan fingerprint density at radius 2 is 2.29 bits per heavy atom. The van der Waals surface area contributed by atoms with Crippen molar-refractivity contribution >= 4 is 17.3 Å². The minimum absolute atomic E-state index is 0.126. The van der Waals surface area contributed by atoms with Gasteiger partial charge in [0.05, 0.1) is 12.0 Å². The van der Waals surface area contributed by atoms with Crippen molar-refractivity contribution in [3.05, 3.63) is 22.4 Å². The molecule has 1 rings (SSSR count). The highest BCUT2D eigenvalue weighted by molar-refractivity contribution is 7.10. The van der Waals surface area contributed by atoms with Crippen molar-refractivity contribution in [1.82, 2.24) is 4.90 Å². The molecule has 78 valence electrons. The number of aliphatic carboxylic acids is 1. The van der Waals surface area contributed by atoms with Crippen LogP contribution in [0.15, 0.2) is 17.5 Å². The Morgan fingerprint density at radius 3 is 2.64 bits per heavy atom. The molecule has 0 aliphatic rings. The molecule has 0 bridgehead atoms. The average Bonchev–Trinajstić information content (AvgIpc) is 2.53. The summed E-state index contributed by atoms with van der Waals surface area (Å²) < 4.78 is 0. The Bertz CT molecular complexity index is 308. The largest absolute Gasteiger partial charge is 0.481 e. The fourth-order valence-electron chi connectivity index (χ4n) is 1.35. The molecule has 0 aliphatic heterocycles. The first kappa shape index (κ1) is 11.2. The number of carboxylic acid groups (broad SMARTS) is 1. The summed E-state index contributed by atoms with van der Waals surface area (Å²) in [5.74, 6) is -0.769. The van der Waals surface area contributed by atoms with Gasteiger partial charge in [-0.2, -0.15) is 0 Å². The van der Waals surface area contributed by atoms with Gasteiger partial charge in [-0.05, 0) is 32.5 Å². The van der Waals surface area contributed by atoms with E-state index in [1.807, 2.05) is 43.4 Å². The normalized spacial score (nSPS) is 15.4. The summed E-state index contributed by atoms with van der Waals surface area (Å²) >= 11 is 1.60. The van der Waals surface area contributed by atoms with E-state index < -0.39 is 11.5 Å². The van der Waals surface area contributed by atoms with Gasteiger partial charge in [0.15, 0.2) is 0 Å². The molecule has 0 radical (unpaired) electrons. The molecular formula is C10H15NO2S. The summed E-state index contributed by atoms with van der Waals surface area (Å²) in [6.45, 7) is 1.95. The summed E-state index contributed by atoms with van der Waals surface area (Å²) in [5, 5.41) is 10.8. The van der Waals surface area contributed by atoms with E-state index in [4.69, 9.17) is 5.11 Å². The average molecular weight is 213 g/mol. The first-order valence-electron chi connectivity index (χ1n) is 4.40. The van der Waals surface area contributed by atoms with Crippen LogP contribution in [0.25, 0.3) is 0 Å². The molecule has 0 saturated carbocycles. The third-order valence-corrected chi connectivity index (χ3v) is 3.66. The number of carboxylic acids is 1. The fraction of sp³-hybridized carbons (Fsp3) is 0.500. The zero-order chi connectivity index (χ0) is 10.8. The molecule has 1 aromatic heterocycles. The standard InChI is InChI=1S/C10H15NO2S/c1-10(11(2)3,7-9(12)13)8-5-4-6-14-8/h4-6H,7H2,1-3H3,(H,12,13). The number of hydrogen-bond acceptors (Lipinski definition) is 3. The van der Waals surface area contributed by atoms with Crippen LogP contribution in [-0.2, 0) is 10.3 Å². The van der Waals surface area contributed by atoms with Gasteiger partial charge in [0.2, 0.25) is 0 Å². The van der Waals surface area contributed by atoms with Crippen molar-refractivity contribution in [1.29, 1.82) is 0 Å². The van der Waals surface area contributed by atoms with Gasteiger partial charge in [-0.25, -0.2) is 0 Å². The molecule has 1 atom stereocenters. The highest BCUT2D eigenvalue weighted by atomic mass is 32.1. The smallest absolute Gasteiger partial charge is 0.305 e. The Morgan fingerprint density at radius 1 is 1.64 bits per heavy atom. The lowest BCUT2D eigenvalue weighted by Crippen LogP contribution is -2.39. The minimum Gasteiger partial charge on any atom is -0.481 e. The van der Waals surface area contributed by atoms with Gasteiger partial charge in [-0.3, -0.25) is 9.69 Å². The van der Waals surface area contributed by atoms with Crippen LogP contribution in [0.5, 0.6) is 0 Å². The fourth-order valence-corrected chi connectivity index (χ4v) is 2.31. The zero-order valence-electron chi connectivity index (χ0n) is 8.65. The topological polar surface area (TPSA) is 40.5 Å². The molecule has 0 aromatic carbocycles. The van der Waals surface area contributed by atoms with Crippen LogP contribution < -0.4 is 0 Å². The third-order valence-electron chi connectivity index (χ3n) is 2.53. The van der Waals surface area contributed by atoms with Crippen molar-refractivity contribution < 1.29 is 9.90 Å². The highest BCUT2D eigenvalue weighted by Crippen LogP contribution is 2.32. The Kier molecular flexibility index (Phi) is 3.29. The molecule has 0 fully saturated rings. The third kappa shape index (κ3) is 2.13. The van der Waals surface area contributed by atoms with Gasteiger partial charge < -0.3 is 5.11 Å². The monoisotopic (exact) mass is 213 g/mol. The molecule has 1 N–H and O–H groups in total. The summed E-state index contributed by atoms with van der Waals surface area (Å²) in [6, 6.07) is 3.93. The second-order valence-corrected chi connectivity index (χ2v) is 4.66. The molecule has 0 aliphatic carbocycles. The van der Waals surface area contributed by atoms with Crippen LogP contribution in [-0.4, -0.2) is 30.1 Å². The number of nitrogens with zero attached hydrogens (tertiary/aromatic N) is 1. The van der Waals surface area contributed by atoms with E-state index in [1.165, 1.54) is 0 Å². The molecule has 1 unspecified atom stereocenters. The van der Waals surface area contributed by atoms with Crippen LogP contribution in [0.1, 0.15) is 18.2 Å². The van der Waals surface area contributed by atoms with Gasteiger partial charge in [-0.1, -0.05) is 6.07 Å². The minimum atomic E-state index is -0.769. The van der Waals surface area contributed by atoms with Crippen LogP contribution in [0, 0.1) is 0 Å². The van der Waals surface area contributed by atoms with E-state index in [0.29, 0.717) is 0 Å². The van der Waals surface area contributed by atoms with Crippen molar-refractivity contribution in [3.63, 3.8) is 0 Å². The van der Waals surface area contributed by atoms with Crippen molar-refractivity contribution in [2.75, 3.05) is 14.1 Å². The zero-order valence-corrected chi connectivity index (χ0v) is 9.47. The van der Waals surface area contributed by atoms with Crippen LogP contribution >= 0.6 is 11.3 Å². The molecule has 4 heteroatoms. The molecule has 0 saturated heterocycles. The number of hydrogen-bond donors (Lipinski definition) is 1. The van der Waals surface area contributed by atoms with E-state index in [9.17, 15) is 4.79 Å². The van der Waals surface area contributed by atoms with E-state index in [0.717, 1.165) is 4.88 Å². The van der Waals surface area contributed by atoms with Crippen LogP contribution in [0.3, 0.4) is 0 Å². The molecule has 1 aromatic rings. The maximum absolute atomic E-state index is 10.8. The van der Waals surface area contributed by atoms with E-state index in [2.05, 4.69) is 0 Å². The molecule has 3 nitrogen and oxygen atoms in total. The summed E-state index contributed by atoms with van der Waals surface area (Å²) in [4.78, 5) is 13.8. The van der Waals surface area contributed by atoms with Gasteiger partial charge >= 0.3 is 5.97 Å². The Hall–Kier alpha value is -0.870. The molecule has 14 heavy (non-hydrogen) atoms. The van der Waals surface area contributed by atoms with Gasteiger partial charge in [0.25, 0.3) is 0 Å². The quantitative estimate of drug-likeness (QED) is 0.831. The number of rotatable bonds is 4. The summed E-state index contributed by atoms with van der Waals surface area (Å²) in [7, 11) is 3.81. The van der Waals surface area contributed by atoms with Crippen LogP contribution in [0.2, 0.25) is 0 Å². The van der Waals surface area contributed by atoms with Gasteiger partial charge in [0, 0.05) is 4.88 Å². The maximum Gasteiger partial charge on any atom is 0.305 e. The highest BCUT2D eigenvalue weighted by Gasteiger charge is 2.32. The Labute approximate surface area is 88.0 Å². The summed E-state index contributed by atoms with van der Waals surface area (Å²) in [6.07, 6.45) is 0.126. The lowest BCUT2D eigenvalue weighted by atomic mass is 9.94. The van der Waals surface area contributed by atoms with Gasteiger partial charge in [0.1, 0.15) is 0 Å². The first-order valence-corrected chi connectivity index (χ1v) is 5.28. The second-order valence-electron chi connectivity index (χ2n) is 3.72. The lowest BCUT2D eigenvalue weighted by molar-refractivity contribution is -0.139. The SMILES string of the molecule is CN(C)C(C)(CC(=O)O)c1cccs1. The van der Waals surface area contributed by atoms with Crippen LogP contribution in [0.4, 0.5) is 0 Å². The molecule has 1 heterocycles.